The van der Waals surface area contributed by atoms with Gasteiger partial charge in [0.05, 0.1) is 18.8 Å². The van der Waals surface area contributed by atoms with Gasteiger partial charge < -0.3 is 15.5 Å². The minimum Gasteiger partial charge on any atom is -0.357 e. The van der Waals surface area contributed by atoms with Gasteiger partial charge in [0.25, 0.3) is 0 Å². The fourth-order valence-corrected chi connectivity index (χ4v) is 4.23. The number of rotatable bonds is 7. The molecule has 1 aliphatic heterocycles. The van der Waals surface area contributed by atoms with Crippen LogP contribution in [0.15, 0.2) is 53.7 Å². The van der Waals surface area contributed by atoms with Crippen LogP contribution in [0.4, 0.5) is 10.2 Å². The molecule has 1 saturated heterocycles. The highest BCUT2D eigenvalue weighted by molar-refractivity contribution is 5.80. The Morgan fingerprint density at radius 3 is 2.76 bits per heavy atom. The van der Waals surface area contributed by atoms with Crippen LogP contribution in [0.1, 0.15) is 35.9 Å². The molecule has 7 nitrogen and oxygen atoms in total. The first-order valence-electron chi connectivity index (χ1n) is 11.5. The highest BCUT2D eigenvalue weighted by Gasteiger charge is 2.26. The molecule has 4 rings (SSSR count). The Balaban J connectivity index is 1.42. The highest BCUT2D eigenvalue weighted by Crippen LogP contribution is 2.21. The molecule has 33 heavy (non-hydrogen) atoms. The van der Waals surface area contributed by atoms with Gasteiger partial charge in [0.2, 0.25) is 0 Å². The van der Waals surface area contributed by atoms with E-state index in [1.165, 1.54) is 11.6 Å². The van der Waals surface area contributed by atoms with Crippen molar-refractivity contribution in [1.29, 1.82) is 0 Å². The Morgan fingerprint density at radius 2 is 2.00 bits per heavy atom. The fourth-order valence-electron chi connectivity index (χ4n) is 4.23. The lowest BCUT2D eigenvalue weighted by molar-refractivity contribution is 0.612. The van der Waals surface area contributed by atoms with Crippen molar-refractivity contribution in [3.8, 4) is 0 Å². The van der Waals surface area contributed by atoms with Gasteiger partial charge in [0, 0.05) is 43.1 Å². The molecule has 1 aromatic carbocycles. The van der Waals surface area contributed by atoms with E-state index < -0.39 is 0 Å². The molecule has 0 saturated carbocycles. The van der Waals surface area contributed by atoms with E-state index in [-0.39, 0.29) is 11.9 Å². The normalized spacial score (nSPS) is 16.3. The molecular formula is C25H32FN7. The number of aryl methyl sites for hydroxylation is 1. The number of benzene rings is 1. The summed E-state index contributed by atoms with van der Waals surface area (Å²) in [6.45, 7) is 9.70. The van der Waals surface area contributed by atoms with Crippen molar-refractivity contribution in [2.24, 2.45) is 4.99 Å². The van der Waals surface area contributed by atoms with Crippen LogP contribution in [0.25, 0.3) is 0 Å². The second kappa shape index (κ2) is 10.5. The maximum absolute atomic E-state index is 14.1. The first kappa shape index (κ1) is 22.8. The number of halogens is 1. The molecule has 174 valence electrons. The van der Waals surface area contributed by atoms with Gasteiger partial charge in [-0.3, -0.25) is 4.68 Å². The zero-order valence-corrected chi connectivity index (χ0v) is 19.6. The van der Waals surface area contributed by atoms with Crippen molar-refractivity contribution >= 4 is 11.8 Å². The summed E-state index contributed by atoms with van der Waals surface area (Å²) in [5, 5.41) is 11.6. The van der Waals surface area contributed by atoms with Crippen molar-refractivity contribution in [3.63, 3.8) is 0 Å². The summed E-state index contributed by atoms with van der Waals surface area (Å²) >= 11 is 0. The predicted molar refractivity (Wildman–Crippen MR) is 130 cm³/mol. The summed E-state index contributed by atoms with van der Waals surface area (Å²) < 4.78 is 16.2. The maximum Gasteiger partial charge on any atom is 0.191 e. The lowest BCUT2D eigenvalue weighted by Crippen LogP contribution is -2.44. The third-order valence-corrected chi connectivity index (χ3v) is 6.01. The molecule has 3 heterocycles. The van der Waals surface area contributed by atoms with E-state index in [4.69, 9.17) is 10.1 Å². The molecule has 1 fully saturated rings. The van der Waals surface area contributed by atoms with Gasteiger partial charge in [-0.2, -0.15) is 5.10 Å². The van der Waals surface area contributed by atoms with E-state index in [0.29, 0.717) is 18.9 Å². The molecule has 1 unspecified atom stereocenters. The number of aliphatic imine (C=N–C) groups is 1. The molecule has 1 aliphatic rings. The maximum atomic E-state index is 14.1. The smallest absolute Gasteiger partial charge is 0.191 e. The Morgan fingerprint density at radius 1 is 1.18 bits per heavy atom. The second-order valence-electron chi connectivity index (χ2n) is 8.37. The standard InChI is InChI=1S/C25H32FN7/c1-4-27-25(30-21-12-14-32(17-21)24-23(26)11-8-13-28-24)29-15-22-18(2)31-33(19(22)3)16-20-9-6-5-7-10-20/h5-11,13,21H,4,12,14-17H2,1-3H3,(H2,27,29,30). The molecule has 8 heteroatoms. The number of hydrogen-bond acceptors (Lipinski definition) is 4. The van der Waals surface area contributed by atoms with Crippen LogP contribution in [0.2, 0.25) is 0 Å². The Kier molecular flexibility index (Phi) is 7.22. The molecule has 0 amide bonds. The van der Waals surface area contributed by atoms with E-state index in [1.54, 1.807) is 12.3 Å². The van der Waals surface area contributed by atoms with E-state index in [9.17, 15) is 4.39 Å². The Labute approximate surface area is 194 Å². The zero-order chi connectivity index (χ0) is 23.2. The van der Waals surface area contributed by atoms with Crippen molar-refractivity contribution in [2.45, 2.75) is 46.3 Å². The molecule has 0 bridgehead atoms. The van der Waals surface area contributed by atoms with Gasteiger partial charge in [-0.1, -0.05) is 30.3 Å². The van der Waals surface area contributed by atoms with E-state index >= 15 is 0 Å². The number of nitrogens with zero attached hydrogens (tertiary/aromatic N) is 5. The average molecular weight is 450 g/mol. The van der Waals surface area contributed by atoms with Crippen LogP contribution in [0.3, 0.4) is 0 Å². The van der Waals surface area contributed by atoms with Crippen LogP contribution >= 0.6 is 0 Å². The van der Waals surface area contributed by atoms with Gasteiger partial charge in [-0.25, -0.2) is 14.4 Å². The molecular weight excluding hydrogens is 417 g/mol. The zero-order valence-electron chi connectivity index (χ0n) is 19.6. The topological polar surface area (TPSA) is 70.4 Å². The third kappa shape index (κ3) is 5.50. The van der Waals surface area contributed by atoms with Crippen LogP contribution in [-0.4, -0.2) is 46.4 Å². The van der Waals surface area contributed by atoms with Crippen molar-refractivity contribution in [2.75, 3.05) is 24.5 Å². The third-order valence-electron chi connectivity index (χ3n) is 6.01. The predicted octanol–water partition coefficient (Wildman–Crippen LogP) is 3.42. The molecule has 2 aromatic heterocycles. The summed E-state index contributed by atoms with van der Waals surface area (Å²) in [5.41, 5.74) is 4.50. The van der Waals surface area contributed by atoms with E-state index in [0.717, 1.165) is 49.0 Å². The van der Waals surface area contributed by atoms with Crippen LogP contribution in [-0.2, 0) is 13.1 Å². The number of guanidine groups is 1. The van der Waals surface area contributed by atoms with E-state index in [1.807, 2.05) is 34.7 Å². The van der Waals surface area contributed by atoms with Gasteiger partial charge in [-0.05, 0) is 44.9 Å². The highest BCUT2D eigenvalue weighted by atomic mass is 19.1. The monoisotopic (exact) mass is 449 g/mol. The lowest BCUT2D eigenvalue weighted by Gasteiger charge is -2.20. The van der Waals surface area contributed by atoms with Gasteiger partial charge >= 0.3 is 0 Å². The lowest BCUT2D eigenvalue weighted by atomic mass is 10.2. The van der Waals surface area contributed by atoms with Gasteiger partial charge in [-0.15, -0.1) is 0 Å². The van der Waals surface area contributed by atoms with Crippen LogP contribution in [0, 0.1) is 19.7 Å². The first-order valence-corrected chi connectivity index (χ1v) is 11.5. The SMILES string of the molecule is CCNC(=NCc1c(C)nn(Cc2ccccc2)c1C)NC1CCN(c2ncccc2F)C1. The molecule has 0 aliphatic carbocycles. The summed E-state index contributed by atoms with van der Waals surface area (Å²) in [5.74, 6) is 0.901. The summed E-state index contributed by atoms with van der Waals surface area (Å²) in [7, 11) is 0. The fraction of sp³-hybridized carbons (Fsp3) is 0.400. The summed E-state index contributed by atoms with van der Waals surface area (Å²) in [6, 6.07) is 13.6. The van der Waals surface area contributed by atoms with Gasteiger partial charge in [0.15, 0.2) is 17.6 Å². The molecule has 1 atom stereocenters. The van der Waals surface area contributed by atoms with Crippen LogP contribution < -0.4 is 15.5 Å². The number of pyridine rings is 1. The minimum absolute atomic E-state index is 0.173. The summed E-state index contributed by atoms with van der Waals surface area (Å²) in [4.78, 5) is 11.0. The molecule has 0 spiro atoms. The molecule has 2 N–H and O–H groups in total. The Bertz CT molecular complexity index is 1090. The number of hydrogen-bond donors (Lipinski definition) is 2. The quantitative estimate of drug-likeness (QED) is 0.427. The minimum atomic E-state index is -0.280. The number of aromatic nitrogens is 3. The largest absolute Gasteiger partial charge is 0.357 e. The van der Waals surface area contributed by atoms with Crippen LogP contribution in [0.5, 0.6) is 0 Å². The van der Waals surface area contributed by atoms with Crippen molar-refractivity contribution in [3.05, 3.63) is 77.0 Å². The van der Waals surface area contributed by atoms with Crippen molar-refractivity contribution < 1.29 is 4.39 Å². The number of anilines is 1. The molecule has 0 radical (unpaired) electrons. The van der Waals surface area contributed by atoms with E-state index in [2.05, 4.69) is 41.6 Å². The summed E-state index contributed by atoms with van der Waals surface area (Å²) in [6.07, 6.45) is 2.53. The molecule has 3 aromatic rings. The Hall–Kier alpha value is -3.42. The van der Waals surface area contributed by atoms with Gasteiger partial charge in [0.1, 0.15) is 0 Å². The van der Waals surface area contributed by atoms with Crippen molar-refractivity contribution in [1.82, 2.24) is 25.4 Å². The number of nitrogens with one attached hydrogen (secondary N) is 2. The second-order valence-corrected chi connectivity index (χ2v) is 8.37. The first-order chi connectivity index (χ1) is 16.0. The average Bonchev–Trinajstić information content (AvgIpc) is 3.37.